The van der Waals surface area contributed by atoms with Gasteiger partial charge in [-0.25, -0.2) is 4.52 Å². The summed E-state index contributed by atoms with van der Waals surface area (Å²) in [7, 11) is 0. The van der Waals surface area contributed by atoms with E-state index in [4.69, 9.17) is 0 Å². The Kier molecular flexibility index (Phi) is 4.06. The zero-order chi connectivity index (χ0) is 17.2. The molecular weight excluding hydrogens is 314 g/mol. The maximum atomic E-state index is 12.8. The highest BCUT2D eigenvalue weighted by Crippen LogP contribution is 2.24. The van der Waals surface area contributed by atoms with Crippen molar-refractivity contribution in [1.82, 2.24) is 14.5 Å². The molecule has 25 heavy (non-hydrogen) atoms. The largest absolute Gasteiger partial charge is 0.339 e. The monoisotopic (exact) mass is 333 g/mol. The van der Waals surface area contributed by atoms with Crippen molar-refractivity contribution in [3.05, 3.63) is 59.8 Å². The number of carbonyl (C=O) groups is 2. The van der Waals surface area contributed by atoms with Crippen molar-refractivity contribution in [2.75, 3.05) is 13.1 Å². The second kappa shape index (κ2) is 6.51. The normalized spacial score (nSPS) is 14.6. The number of aldehydes is 1. The van der Waals surface area contributed by atoms with Crippen LogP contribution in [0, 0.1) is 0 Å². The van der Waals surface area contributed by atoms with Crippen molar-refractivity contribution in [2.24, 2.45) is 0 Å². The lowest BCUT2D eigenvalue weighted by molar-refractivity contribution is 0.0726. The second-order valence-corrected chi connectivity index (χ2v) is 6.36. The van der Waals surface area contributed by atoms with Gasteiger partial charge in [0.05, 0.1) is 23.0 Å². The number of rotatable bonds is 3. The predicted octanol–water partition coefficient (Wildman–Crippen LogP) is 3.44. The van der Waals surface area contributed by atoms with Crippen molar-refractivity contribution >= 4 is 17.7 Å². The van der Waals surface area contributed by atoms with Crippen molar-refractivity contribution in [3.63, 3.8) is 0 Å². The maximum Gasteiger partial charge on any atom is 0.257 e. The van der Waals surface area contributed by atoms with Gasteiger partial charge in [0, 0.05) is 24.2 Å². The summed E-state index contributed by atoms with van der Waals surface area (Å²) in [5, 5.41) is 4.45. The Balaban J connectivity index is 1.77. The maximum absolute atomic E-state index is 12.8. The molecule has 0 saturated carbocycles. The first-order chi connectivity index (χ1) is 12.3. The Labute approximate surface area is 145 Å². The molecule has 0 atom stereocenters. The van der Waals surface area contributed by atoms with Crippen LogP contribution < -0.4 is 0 Å². The van der Waals surface area contributed by atoms with E-state index in [0.717, 1.165) is 49.0 Å². The van der Waals surface area contributed by atoms with Crippen molar-refractivity contribution < 1.29 is 9.59 Å². The number of fused-ring (bicyclic) bond motifs is 1. The molecule has 1 aliphatic heterocycles. The van der Waals surface area contributed by atoms with E-state index < -0.39 is 0 Å². The highest BCUT2D eigenvalue weighted by atomic mass is 16.2. The van der Waals surface area contributed by atoms with Crippen LogP contribution in [0.5, 0.6) is 0 Å². The smallest absolute Gasteiger partial charge is 0.257 e. The third-order valence-electron chi connectivity index (χ3n) is 4.73. The SMILES string of the molecule is O=Cc1cccc(-c2cccc3c(C(=O)N4CCCCC4)cnn23)c1. The van der Waals surface area contributed by atoms with E-state index in [1.807, 2.05) is 41.3 Å². The summed E-state index contributed by atoms with van der Waals surface area (Å²) in [4.78, 5) is 25.8. The molecule has 3 heterocycles. The molecule has 1 amide bonds. The van der Waals surface area contributed by atoms with E-state index in [-0.39, 0.29) is 5.91 Å². The van der Waals surface area contributed by atoms with Gasteiger partial charge in [0.15, 0.2) is 0 Å². The van der Waals surface area contributed by atoms with Crippen LogP contribution in [-0.4, -0.2) is 39.8 Å². The van der Waals surface area contributed by atoms with Crippen molar-refractivity contribution in [3.8, 4) is 11.3 Å². The lowest BCUT2D eigenvalue weighted by atomic mass is 10.1. The van der Waals surface area contributed by atoms with Gasteiger partial charge in [0.2, 0.25) is 0 Å². The highest BCUT2D eigenvalue weighted by Gasteiger charge is 2.22. The minimum absolute atomic E-state index is 0.0495. The molecule has 1 aliphatic rings. The summed E-state index contributed by atoms with van der Waals surface area (Å²) >= 11 is 0. The van der Waals surface area contributed by atoms with E-state index in [0.29, 0.717) is 11.1 Å². The Morgan fingerprint density at radius 3 is 2.64 bits per heavy atom. The molecule has 0 aliphatic carbocycles. The number of benzene rings is 1. The van der Waals surface area contributed by atoms with Gasteiger partial charge in [-0.2, -0.15) is 5.10 Å². The van der Waals surface area contributed by atoms with Gasteiger partial charge in [-0.15, -0.1) is 0 Å². The molecule has 1 aromatic carbocycles. The molecule has 0 bridgehead atoms. The van der Waals surface area contributed by atoms with E-state index in [2.05, 4.69) is 5.10 Å². The Bertz CT molecular complexity index is 939. The average Bonchev–Trinajstić information content (AvgIpc) is 3.12. The molecule has 1 fully saturated rings. The molecule has 0 spiro atoms. The van der Waals surface area contributed by atoms with Crippen molar-refractivity contribution in [2.45, 2.75) is 19.3 Å². The summed E-state index contributed by atoms with van der Waals surface area (Å²) < 4.78 is 1.78. The molecule has 4 rings (SSSR count). The molecule has 0 N–H and O–H groups in total. The number of piperidine rings is 1. The fraction of sp³-hybridized carbons (Fsp3) is 0.250. The predicted molar refractivity (Wildman–Crippen MR) is 95.8 cm³/mol. The van der Waals surface area contributed by atoms with E-state index in [9.17, 15) is 9.59 Å². The van der Waals surface area contributed by atoms with Gasteiger partial charge in [0.1, 0.15) is 6.29 Å². The Morgan fingerprint density at radius 2 is 1.84 bits per heavy atom. The first-order valence-electron chi connectivity index (χ1n) is 8.59. The molecule has 126 valence electrons. The minimum atomic E-state index is 0.0495. The third-order valence-corrected chi connectivity index (χ3v) is 4.73. The number of aromatic nitrogens is 2. The molecule has 2 aromatic heterocycles. The zero-order valence-corrected chi connectivity index (χ0v) is 13.9. The van der Waals surface area contributed by atoms with Crippen LogP contribution in [0.3, 0.4) is 0 Å². The van der Waals surface area contributed by atoms with Gasteiger partial charge in [0.25, 0.3) is 5.91 Å². The van der Waals surface area contributed by atoms with Crippen molar-refractivity contribution in [1.29, 1.82) is 0 Å². The first-order valence-corrected chi connectivity index (χ1v) is 8.59. The number of carbonyl (C=O) groups excluding carboxylic acids is 2. The lowest BCUT2D eigenvalue weighted by Gasteiger charge is -2.26. The third kappa shape index (κ3) is 2.82. The number of amides is 1. The quantitative estimate of drug-likeness (QED) is 0.690. The molecule has 5 nitrogen and oxygen atoms in total. The number of likely N-dealkylation sites (tertiary alicyclic amines) is 1. The topological polar surface area (TPSA) is 54.7 Å². The summed E-state index contributed by atoms with van der Waals surface area (Å²) in [6.45, 7) is 1.63. The fourth-order valence-corrected chi connectivity index (χ4v) is 3.43. The zero-order valence-electron chi connectivity index (χ0n) is 13.9. The molecule has 5 heteroatoms. The summed E-state index contributed by atoms with van der Waals surface area (Å²) in [5.41, 5.74) is 3.81. The lowest BCUT2D eigenvalue weighted by Crippen LogP contribution is -2.35. The van der Waals surface area contributed by atoms with Gasteiger partial charge < -0.3 is 4.90 Å². The summed E-state index contributed by atoms with van der Waals surface area (Å²) in [5.74, 6) is 0.0495. The van der Waals surface area contributed by atoms with Gasteiger partial charge in [-0.1, -0.05) is 24.3 Å². The Hall–Kier alpha value is -2.95. The van der Waals surface area contributed by atoms with Crippen LogP contribution in [0.4, 0.5) is 0 Å². The van der Waals surface area contributed by atoms with Crippen LogP contribution in [0.15, 0.2) is 48.7 Å². The van der Waals surface area contributed by atoms with Gasteiger partial charge in [-0.3, -0.25) is 9.59 Å². The van der Waals surface area contributed by atoms with Crippen LogP contribution in [0.2, 0.25) is 0 Å². The summed E-state index contributed by atoms with van der Waals surface area (Å²) in [6, 6.07) is 13.2. The standard InChI is InChI=1S/C20H19N3O2/c24-14-15-6-4-7-16(12-15)18-8-5-9-19-17(13-21-23(18)19)20(25)22-10-2-1-3-11-22/h4-9,12-14H,1-3,10-11H2. The molecule has 1 saturated heterocycles. The van der Waals surface area contributed by atoms with Gasteiger partial charge >= 0.3 is 0 Å². The Morgan fingerprint density at radius 1 is 1.04 bits per heavy atom. The highest BCUT2D eigenvalue weighted by molar-refractivity contribution is 6.01. The molecular formula is C20H19N3O2. The van der Waals surface area contributed by atoms with E-state index >= 15 is 0 Å². The number of pyridine rings is 1. The number of nitrogens with zero attached hydrogens (tertiary/aromatic N) is 3. The van der Waals surface area contributed by atoms with E-state index in [1.165, 1.54) is 6.42 Å². The second-order valence-electron chi connectivity index (χ2n) is 6.36. The minimum Gasteiger partial charge on any atom is -0.339 e. The molecule has 0 unspecified atom stereocenters. The van der Waals surface area contributed by atoms with Gasteiger partial charge in [-0.05, 0) is 37.5 Å². The van der Waals surface area contributed by atoms with E-state index in [1.54, 1.807) is 16.8 Å². The van der Waals surface area contributed by atoms with Crippen LogP contribution in [0.25, 0.3) is 16.8 Å². The van der Waals surface area contributed by atoms with Crippen LogP contribution >= 0.6 is 0 Å². The van der Waals surface area contributed by atoms with Crippen LogP contribution in [0.1, 0.15) is 40.0 Å². The number of hydrogen-bond donors (Lipinski definition) is 0. The summed E-state index contributed by atoms with van der Waals surface area (Å²) in [6.07, 6.45) is 5.80. The average molecular weight is 333 g/mol. The van der Waals surface area contributed by atoms with Crippen LogP contribution in [-0.2, 0) is 0 Å². The molecule has 0 radical (unpaired) electrons. The molecule has 3 aromatic rings. The first kappa shape index (κ1) is 15.6. The number of hydrogen-bond acceptors (Lipinski definition) is 3. The fourth-order valence-electron chi connectivity index (χ4n) is 3.43.